The molecule has 12 rings (SSSR count). The van der Waals surface area contributed by atoms with Gasteiger partial charge in [-0.1, -0.05) is 127 Å². The fourth-order valence-electron chi connectivity index (χ4n) is 9.00. The van der Waals surface area contributed by atoms with E-state index in [0.717, 1.165) is 40.4 Å². The second kappa shape index (κ2) is 13.2. The van der Waals surface area contributed by atoms with Crippen molar-refractivity contribution in [3.63, 3.8) is 0 Å². The first kappa shape index (κ1) is 33.0. The molecule has 0 unspecified atom stereocenters. The van der Waals surface area contributed by atoms with Gasteiger partial charge in [-0.3, -0.25) is 0 Å². The zero-order valence-electron chi connectivity index (χ0n) is 31.2. The van der Waals surface area contributed by atoms with Crippen LogP contribution in [0, 0.1) is 0 Å². The van der Waals surface area contributed by atoms with Crippen LogP contribution in [-0.2, 0) is 13.0 Å². The number of ether oxygens (including phenoxy) is 1. The Morgan fingerprint density at radius 3 is 1.82 bits per heavy atom. The maximum Gasteiger partial charge on any atom is 0.133 e. The van der Waals surface area contributed by atoms with Crippen LogP contribution in [0.25, 0.3) is 76.5 Å². The van der Waals surface area contributed by atoms with Crippen LogP contribution in [0.15, 0.2) is 182 Å². The van der Waals surface area contributed by atoms with Crippen molar-refractivity contribution in [3.05, 3.63) is 199 Å². The van der Waals surface area contributed by atoms with E-state index in [-0.39, 0.29) is 0 Å². The van der Waals surface area contributed by atoms with Gasteiger partial charge >= 0.3 is 0 Å². The number of nitrogen functional groups attached to an aromatic ring is 1. The first-order valence-electron chi connectivity index (χ1n) is 19.4. The number of anilines is 1. The Hall–Kier alpha value is -7.34. The minimum absolute atomic E-state index is 0.512. The molecule has 0 aliphatic carbocycles. The highest BCUT2D eigenvalue weighted by atomic mass is 16.5. The lowest BCUT2D eigenvalue weighted by Crippen LogP contribution is -2.05. The number of hydrogen-bond acceptors (Lipinski definition) is 3. The molecule has 9 aromatic carbocycles. The van der Waals surface area contributed by atoms with Gasteiger partial charge in [-0.25, -0.2) is 0 Å². The molecule has 0 bridgehead atoms. The summed E-state index contributed by atoms with van der Waals surface area (Å²) < 4.78 is 10.6. The number of rotatable bonds is 3. The largest absolute Gasteiger partial charge is 0.457 e. The van der Waals surface area contributed by atoms with Gasteiger partial charge in [-0.15, -0.1) is 0 Å². The van der Waals surface area contributed by atoms with Gasteiger partial charge in [-0.05, 0) is 76.5 Å². The molecule has 0 spiro atoms. The van der Waals surface area contributed by atoms with E-state index in [1.807, 2.05) is 36.4 Å². The summed E-state index contributed by atoms with van der Waals surface area (Å²) in [5.41, 5.74) is 23.4. The van der Waals surface area contributed by atoms with Gasteiger partial charge in [0.05, 0.1) is 22.1 Å². The molecule has 0 radical (unpaired) electrons. The predicted molar refractivity (Wildman–Crippen MR) is 238 cm³/mol. The molecule has 0 amide bonds. The summed E-state index contributed by atoms with van der Waals surface area (Å²) in [6.07, 6.45) is 0.859. The van der Waals surface area contributed by atoms with Crippen LogP contribution >= 0.6 is 0 Å². The number of nitrogens with two attached hydrogens (primary N) is 2. The second-order valence-corrected chi connectivity index (χ2v) is 14.8. The Labute approximate surface area is 329 Å². The molecule has 0 atom stereocenters. The number of benzene rings is 9. The molecule has 5 nitrogen and oxygen atoms in total. The van der Waals surface area contributed by atoms with Crippen LogP contribution in [0.1, 0.15) is 16.7 Å². The van der Waals surface area contributed by atoms with Gasteiger partial charge < -0.3 is 25.3 Å². The molecule has 272 valence electrons. The third-order valence-electron chi connectivity index (χ3n) is 11.6. The third-order valence-corrected chi connectivity index (χ3v) is 11.6. The van der Waals surface area contributed by atoms with E-state index >= 15 is 0 Å². The van der Waals surface area contributed by atoms with Crippen LogP contribution in [0.4, 0.5) is 5.69 Å². The molecule has 2 aromatic heterocycles. The molecule has 0 saturated carbocycles. The van der Waals surface area contributed by atoms with Crippen molar-refractivity contribution in [3.8, 4) is 22.9 Å². The molecule has 1 aliphatic heterocycles. The Balaban J connectivity index is 0.000000209. The monoisotopic (exact) mass is 734 g/mol. The maximum absolute atomic E-state index is 6.09. The second-order valence-electron chi connectivity index (χ2n) is 14.8. The normalized spacial score (nSPS) is 12.2. The minimum atomic E-state index is 0.512. The SMILES string of the molecule is NCc1cccc(-n2c3ccccc3c3ccc4c(ccc5ccc6c7ccccc7n(-c7ccccc7)c6c54)c32)c1.Nc1cccc2c1Cc1ccccc1O2. The van der Waals surface area contributed by atoms with Crippen LogP contribution in [-0.4, -0.2) is 9.13 Å². The summed E-state index contributed by atoms with van der Waals surface area (Å²) in [7, 11) is 0. The van der Waals surface area contributed by atoms with Gasteiger partial charge in [0.25, 0.3) is 0 Å². The predicted octanol–water partition coefficient (Wildman–Crippen LogP) is 12.6. The zero-order chi connectivity index (χ0) is 38.0. The average Bonchev–Trinajstić information content (AvgIpc) is 3.80. The topological polar surface area (TPSA) is 71.1 Å². The summed E-state index contributed by atoms with van der Waals surface area (Å²) in [6.45, 7) is 0.512. The fourth-order valence-corrected chi connectivity index (χ4v) is 9.00. The van der Waals surface area contributed by atoms with Gasteiger partial charge in [0.2, 0.25) is 0 Å². The van der Waals surface area contributed by atoms with Crippen LogP contribution in [0.5, 0.6) is 11.5 Å². The Morgan fingerprint density at radius 2 is 1.05 bits per heavy atom. The quantitative estimate of drug-likeness (QED) is 0.140. The summed E-state index contributed by atoms with van der Waals surface area (Å²) in [6, 6.07) is 64.5. The van der Waals surface area contributed by atoms with Crippen molar-refractivity contribution in [1.29, 1.82) is 0 Å². The highest BCUT2D eigenvalue weighted by Crippen LogP contribution is 2.43. The number of para-hydroxylation sites is 4. The van der Waals surface area contributed by atoms with Crippen molar-refractivity contribution in [2.45, 2.75) is 13.0 Å². The van der Waals surface area contributed by atoms with Gasteiger partial charge in [-0.2, -0.15) is 0 Å². The number of hydrogen-bond donors (Lipinski definition) is 2. The lowest BCUT2D eigenvalue weighted by Gasteiger charge is -2.21. The van der Waals surface area contributed by atoms with Crippen molar-refractivity contribution in [2.75, 3.05) is 5.73 Å². The molecular weight excluding hydrogens is 697 g/mol. The lowest BCUT2D eigenvalue weighted by atomic mass is 9.97. The Morgan fingerprint density at radius 1 is 0.474 bits per heavy atom. The average molecular weight is 735 g/mol. The first-order chi connectivity index (χ1) is 28.2. The highest BCUT2D eigenvalue weighted by molar-refractivity contribution is 6.29. The molecule has 5 heteroatoms. The number of nitrogens with zero attached hydrogens (tertiary/aromatic N) is 2. The van der Waals surface area contributed by atoms with Crippen molar-refractivity contribution in [2.24, 2.45) is 5.73 Å². The molecule has 3 heterocycles. The summed E-state index contributed by atoms with van der Waals surface area (Å²) in [4.78, 5) is 0. The fraction of sp³-hybridized carbons (Fsp3) is 0.0385. The van der Waals surface area contributed by atoms with E-state index < -0.39 is 0 Å². The molecular formula is C52H38N4O. The van der Waals surface area contributed by atoms with Crippen molar-refractivity contribution >= 4 is 70.8 Å². The van der Waals surface area contributed by atoms with E-state index in [4.69, 9.17) is 16.2 Å². The molecule has 57 heavy (non-hydrogen) atoms. The maximum atomic E-state index is 6.09. The van der Waals surface area contributed by atoms with E-state index in [2.05, 4.69) is 155 Å². The van der Waals surface area contributed by atoms with Crippen LogP contribution in [0.2, 0.25) is 0 Å². The lowest BCUT2D eigenvalue weighted by molar-refractivity contribution is 0.460. The number of fused-ring (bicyclic) bond motifs is 13. The molecule has 11 aromatic rings. The highest BCUT2D eigenvalue weighted by Gasteiger charge is 2.21. The zero-order valence-corrected chi connectivity index (χ0v) is 31.2. The van der Waals surface area contributed by atoms with E-state index in [1.165, 1.54) is 76.4 Å². The molecule has 1 aliphatic rings. The molecule has 0 saturated heterocycles. The smallest absolute Gasteiger partial charge is 0.133 e. The molecule has 0 fully saturated rings. The number of aromatic nitrogens is 2. The Kier molecular flexibility index (Phi) is 7.62. The summed E-state index contributed by atoms with van der Waals surface area (Å²) in [5.74, 6) is 1.82. The van der Waals surface area contributed by atoms with E-state index in [9.17, 15) is 0 Å². The van der Waals surface area contributed by atoms with E-state index in [0.29, 0.717) is 6.54 Å². The minimum Gasteiger partial charge on any atom is -0.457 e. The van der Waals surface area contributed by atoms with E-state index in [1.54, 1.807) is 0 Å². The summed E-state index contributed by atoms with van der Waals surface area (Å²) in [5, 5.41) is 10.1. The van der Waals surface area contributed by atoms with Crippen molar-refractivity contribution in [1.82, 2.24) is 9.13 Å². The van der Waals surface area contributed by atoms with Gasteiger partial charge in [0, 0.05) is 67.9 Å². The van der Waals surface area contributed by atoms with Crippen LogP contribution < -0.4 is 16.2 Å². The third kappa shape index (κ3) is 5.21. The van der Waals surface area contributed by atoms with Gasteiger partial charge in [0.15, 0.2) is 0 Å². The van der Waals surface area contributed by atoms with Crippen LogP contribution in [0.3, 0.4) is 0 Å². The van der Waals surface area contributed by atoms with Crippen molar-refractivity contribution < 1.29 is 4.74 Å². The first-order valence-corrected chi connectivity index (χ1v) is 19.4. The van der Waals surface area contributed by atoms with Gasteiger partial charge in [0.1, 0.15) is 11.5 Å². The summed E-state index contributed by atoms with van der Waals surface area (Å²) >= 11 is 0. The molecule has 4 N–H and O–H groups in total. The Bertz CT molecular complexity index is 3360. The standard InChI is InChI=1S/C39H27N3.C13H11NO/c40-24-25-9-8-12-28(23-25)42-36-16-7-4-13-29(36)32-22-21-31-34(38(32)42)20-18-26-17-19-33-30-14-5-6-15-35(30)41(39(33)37(26)31)27-10-2-1-3-11-27;14-11-5-3-7-13-10(11)8-9-4-1-2-6-12(9)15-13/h1-23H,24,40H2;1-7H,8,14H2.